The van der Waals surface area contributed by atoms with Gasteiger partial charge < -0.3 is 20.6 Å². The molecule has 0 radical (unpaired) electrons. The highest BCUT2D eigenvalue weighted by Gasteiger charge is 2.21. The minimum absolute atomic E-state index is 0.123. The summed E-state index contributed by atoms with van der Waals surface area (Å²) < 4.78 is 6.66. The third-order valence-corrected chi connectivity index (χ3v) is 4.01. The number of likely N-dealkylation sites (N-methyl/N-ethyl adjacent to an activating group) is 1. The zero-order valence-electron chi connectivity index (χ0n) is 11.6. The molecule has 0 aliphatic carbocycles. The Morgan fingerprint density at radius 2 is 2.40 bits per heavy atom. The average molecular weight is 342 g/mol. The Morgan fingerprint density at radius 1 is 1.60 bits per heavy atom. The van der Waals surface area contributed by atoms with E-state index in [1.807, 2.05) is 18.2 Å². The van der Waals surface area contributed by atoms with Crippen LogP contribution in [0.2, 0.25) is 0 Å². The highest BCUT2D eigenvalue weighted by atomic mass is 79.9. The fourth-order valence-electron chi connectivity index (χ4n) is 2.47. The van der Waals surface area contributed by atoms with Crippen LogP contribution in [0.25, 0.3) is 0 Å². The molecule has 5 nitrogen and oxygen atoms in total. The molecule has 0 spiro atoms. The van der Waals surface area contributed by atoms with Gasteiger partial charge in [0.2, 0.25) is 0 Å². The number of rotatable bonds is 5. The number of nitrogens with zero attached hydrogens (tertiary/aromatic N) is 2. The van der Waals surface area contributed by atoms with Crippen LogP contribution in [0, 0.1) is 0 Å². The van der Waals surface area contributed by atoms with E-state index in [2.05, 4.69) is 32.9 Å². The van der Waals surface area contributed by atoms with Crippen molar-refractivity contribution in [2.45, 2.75) is 25.9 Å². The molecule has 3 N–H and O–H groups in total. The molecule has 1 aliphatic rings. The van der Waals surface area contributed by atoms with Gasteiger partial charge in [0.1, 0.15) is 0 Å². The molecular weight excluding hydrogens is 322 g/mol. The number of benzene rings is 1. The summed E-state index contributed by atoms with van der Waals surface area (Å²) in [5, 5.41) is 12.0. The van der Waals surface area contributed by atoms with Gasteiger partial charge in [-0.3, -0.25) is 0 Å². The van der Waals surface area contributed by atoms with E-state index >= 15 is 0 Å². The number of hydrogen-bond acceptors (Lipinski definition) is 4. The van der Waals surface area contributed by atoms with Gasteiger partial charge in [0.25, 0.3) is 0 Å². The first kappa shape index (κ1) is 15.1. The smallest absolute Gasteiger partial charge is 0.172 e. The van der Waals surface area contributed by atoms with Crippen molar-refractivity contribution in [1.82, 2.24) is 0 Å². The molecule has 1 atom stereocenters. The number of ether oxygens (including phenoxy) is 1. The normalized spacial score (nSPS) is 19.3. The van der Waals surface area contributed by atoms with E-state index in [1.165, 1.54) is 0 Å². The van der Waals surface area contributed by atoms with Crippen LogP contribution >= 0.6 is 15.9 Å². The standard InChI is InChI=1S/C14H20BrN3O2/c1-2-18(9-11-4-3-7-20-11)13-8-10(15)5-6-12(13)14(16)17-19/h5-6,8,11,19H,2-4,7,9H2,1H3,(H2,16,17). The van der Waals surface area contributed by atoms with Crippen molar-refractivity contribution in [3.8, 4) is 0 Å². The van der Waals surface area contributed by atoms with E-state index < -0.39 is 0 Å². The van der Waals surface area contributed by atoms with Crippen LogP contribution in [-0.2, 0) is 4.74 Å². The predicted octanol–water partition coefficient (Wildman–Crippen LogP) is 2.55. The van der Waals surface area contributed by atoms with Gasteiger partial charge in [-0.05, 0) is 38.0 Å². The van der Waals surface area contributed by atoms with Gasteiger partial charge in [0, 0.05) is 35.4 Å². The summed E-state index contributed by atoms with van der Waals surface area (Å²) >= 11 is 3.48. The maximum Gasteiger partial charge on any atom is 0.172 e. The Balaban J connectivity index is 2.29. The number of nitrogens with two attached hydrogens (primary N) is 1. The number of halogens is 1. The lowest BCUT2D eigenvalue weighted by molar-refractivity contribution is 0.115. The molecule has 1 saturated heterocycles. The van der Waals surface area contributed by atoms with Gasteiger partial charge in [0.05, 0.1) is 6.10 Å². The van der Waals surface area contributed by atoms with E-state index in [4.69, 9.17) is 15.7 Å². The lowest BCUT2D eigenvalue weighted by Gasteiger charge is -2.28. The van der Waals surface area contributed by atoms with Crippen molar-refractivity contribution >= 4 is 27.5 Å². The molecular formula is C14H20BrN3O2. The summed E-state index contributed by atoms with van der Waals surface area (Å²) in [4.78, 5) is 2.20. The molecule has 1 aliphatic heterocycles. The largest absolute Gasteiger partial charge is 0.409 e. The molecule has 1 aromatic carbocycles. The molecule has 1 heterocycles. The molecule has 1 fully saturated rings. The second-order valence-electron chi connectivity index (χ2n) is 4.82. The SMILES string of the molecule is CCN(CC1CCCO1)c1cc(Br)ccc1/C(N)=N/O. The van der Waals surface area contributed by atoms with Crippen LogP contribution in [0.5, 0.6) is 0 Å². The molecule has 0 bridgehead atoms. The average Bonchev–Trinajstić information content (AvgIpc) is 2.97. The van der Waals surface area contributed by atoms with Gasteiger partial charge in [-0.25, -0.2) is 0 Å². The molecule has 2 rings (SSSR count). The van der Waals surface area contributed by atoms with Gasteiger partial charge in [-0.1, -0.05) is 21.1 Å². The van der Waals surface area contributed by atoms with Crippen molar-refractivity contribution in [3.63, 3.8) is 0 Å². The Hall–Kier alpha value is -1.27. The molecule has 1 unspecified atom stereocenters. The topological polar surface area (TPSA) is 71.1 Å². The minimum Gasteiger partial charge on any atom is -0.409 e. The molecule has 0 amide bonds. The molecule has 6 heteroatoms. The van der Waals surface area contributed by atoms with Gasteiger partial charge in [-0.2, -0.15) is 0 Å². The van der Waals surface area contributed by atoms with Crippen molar-refractivity contribution in [2.24, 2.45) is 10.9 Å². The van der Waals surface area contributed by atoms with Crippen LogP contribution in [-0.4, -0.2) is 36.8 Å². The van der Waals surface area contributed by atoms with E-state index in [9.17, 15) is 0 Å². The van der Waals surface area contributed by atoms with Gasteiger partial charge >= 0.3 is 0 Å². The Morgan fingerprint density at radius 3 is 3.00 bits per heavy atom. The lowest BCUT2D eigenvalue weighted by atomic mass is 10.1. The Bertz CT molecular complexity index is 487. The zero-order valence-corrected chi connectivity index (χ0v) is 13.1. The van der Waals surface area contributed by atoms with Crippen molar-refractivity contribution in [2.75, 3.05) is 24.6 Å². The fraction of sp³-hybridized carbons (Fsp3) is 0.500. The fourth-order valence-corrected chi connectivity index (χ4v) is 2.82. The summed E-state index contributed by atoms with van der Waals surface area (Å²) in [6.45, 7) is 4.58. The highest BCUT2D eigenvalue weighted by molar-refractivity contribution is 9.10. The summed E-state index contributed by atoms with van der Waals surface area (Å²) in [6, 6.07) is 5.73. The summed E-state index contributed by atoms with van der Waals surface area (Å²) in [5.74, 6) is 0.123. The zero-order chi connectivity index (χ0) is 14.5. The third-order valence-electron chi connectivity index (χ3n) is 3.51. The first-order valence-corrected chi connectivity index (χ1v) is 7.59. The maximum absolute atomic E-state index is 8.93. The predicted molar refractivity (Wildman–Crippen MR) is 83.5 cm³/mol. The summed E-state index contributed by atoms with van der Waals surface area (Å²) in [5.41, 5.74) is 7.46. The monoisotopic (exact) mass is 341 g/mol. The molecule has 0 saturated carbocycles. The molecule has 20 heavy (non-hydrogen) atoms. The van der Waals surface area contributed by atoms with Gasteiger partial charge in [0.15, 0.2) is 5.84 Å². The van der Waals surface area contributed by atoms with E-state index in [1.54, 1.807) is 0 Å². The first-order valence-electron chi connectivity index (χ1n) is 6.79. The minimum atomic E-state index is 0.123. The quantitative estimate of drug-likeness (QED) is 0.373. The molecule has 110 valence electrons. The number of anilines is 1. The number of amidine groups is 1. The Labute approximate surface area is 127 Å². The second kappa shape index (κ2) is 6.95. The van der Waals surface area contributed by atoms with Gasteiger partial charge in [-0.15, -0.1) is 0 Å². The Kier molecular flexibility index (Phi) is 5.25. The molecule has 0 aromatic heterocycles. The summed E-state index contributed by atoms with van der Waals surface area (Å²) in [7, 11) is 0. The van der Waals surface area contributed by atoms with E-state index in [-0.39, 0.29) is 11.9 Å². The number of oxime groups is 1. The van der Waals surface area contributed by atoms with E-state index in [0.29, 0.717) is 0 Å². The highest BCUT2D eigenvalue weighted by Crippen LogP contribution is 2.26. The van der Waals surface area contributed by atoms with Crippen molar-refractivity contribution in [1.29, 1.82) is 0 Å². The van der Waals surface area contributed by atoms with Crippen molar-refractivity contribution < 1.29 is 9.94 Å². The van der Waals surface area contributed by atoms with Crippen LogP contribution in [0.4, 0.5) is 5.69 Å². The number of hydrogen-bond donors (Lipinski definition) is 2. The third kappa shape index (κ3) is 3.43. The van der Waals surface area contributed by atoms with Crippen molar-refractivity contribution in [3.05, 3.63) is 28.2 Å². The van der Waals surface area contributed by atoms with Crippen LogP contribution < -0.4 is 10.6 Å². The van der Waals surface area contributed by atoms with E-state index in [0.717, 1.165) is 48.3 Å². The lowest BCUT2D eigenvalue weighted by Crippen LogP contribution is -2.33. The van der Waals surface area contributed by atoms with Crippen LogP contribution in [0.3, 0.4) is 0 Å². The second-order valence-corrected chi connectivity index (χ2v) is 5.74. The van der Waals surface area contributed by atoms with Crippen LogP contribution in [0.1, 0.15) is 25.3 Å². The first-order chi connectivity index (χ1) is 9.65. The summed E-state index contributed by atoms with van der Waals surface area (Å²) in [6.07, 6.45) is 2.46. The maximum atomic E-state index is 8.93. The molecule has 1 aromatic rings. The van der Waals surface area contributed by atoms with Crippen LogP contribution in [0.15, 0.2) is 27.8 Å².